The number of rotatable bonds is 5. The smallest absolute Gasteiger partial charge is 0.328 e. The van der Waals surface area contributed by atoms with Crippen LogP contribution in [0.25, 0.3) is 6.08 Å². The van der Waals surface area contributed by atoms with Crippen molar-refractivity contribution in [3.63, 3.8) is 0 Å². The molecule has 0 unspecified atom stereocenters. The molecule has 0 radical (unpaired) electrons. The van der Waals surface area contributed by atoms with Crippen molar-refractivity contribution in [1.29, 1.82) is 0 Å². The average Bonchev–Trinajstić information content (AvgIpc) is 2.45. The summed E-state index contributed by atoms with van der Waals surface area (Å²) in [6.07, 6.45) is 2.58. The largest absolute Gasteiger partial charge is 0.488 e. The fraction of sp³-hybridized carbons (Fsp3) is 0.0625. The molecule has 3 nitrogen and oxygen atoms in total. The summed E-state index contributed by atoms with van der Waals surface area (Å²) in [6, 6.07) is 12.8. The molecule has 0 heterocycles. The summed E-state index contributed by atoms with van der Waals surface area (Å²) in [7, 11) is 0. The molecule has 0 atom stereocenters. The number of aliphatic carboxylic acids is 1. The first-order valence-electron chi connectivity index (χ1n) is 6.12. The number of hydrogen-bond acceptors (Lipinski definition) is 2. The van der Waals surface area contributed by atoms with Crippen LogP contribution in [0.2, 0.25) is 5.02 Å². The molecule has 0 aliphatic heterocycles. The molecule has 21 heavy (non-hydrogen) atoms. The normalized spacial score (nSPS) is 10.8. The quantitative estimate of drug-likeness (QED) is 0.774. The molecule has 2 rings (SSSR count). The molecular weight excluding hydrogens is 356 g/mol. The van der Waals surface area contributed by atoms with Gasteiger partial charge in [0.1, 0.15) is 12.4 Å². The third kappa shape index (κ3) is 4.92. The van der Waals surface area contributed by atoms with E-state index >= 15 is 0 Å². The van der Waals surface area contributed by atoms with Crippen molar-refractivity contribution in [2.45, 2.75) is 6.61 Å². The molecule has 0 aliphatic rings. The molecule has 108 valence electrons. The predicted octanol–water partition coefficient (Wildman–Crippen LogP) is 4.78. The zero-order valence-electron chi connectivity index (χ0n) is 10.9. The minimum absolute atomic E-state index is 0.382. The third-order valence-corrected chi connectivity index (χ3v) is 3.43. The van der Waals surface area contributed by atoms with Crippen molar-refractivity contribution in [2.24, 2.45) is 0 Å². The van der Waals surface area contributed by atoms with Gasteiger partial charge in [-0.3, -0.25) is 0 Å². The second-order valence-electron chi connectivity index (χ2n) is 4.27. The summed E-state index contributed by atoms with van der Waals surface area (Å²) < 4.78 is 6.60. The molecule has 0 aliphatic carbocycles. The molecule has 5 heteroatoms. The SMILES string of the molecule is O=C(O)C=Cc1cc(Br)ccc1OCc1ccc(Cl)cc1. The van der Waals surface area contributed by atoms with Gasteiger partial charge >= 0.3 is 5.97 Å². The van der Waals surface area contributed by atoms with Gasteiger partial charge in [-0.1, -0.05) is 39.7 Å². The topological polar surface area (TPSA) is 46.5 Å². The summed E-state index contributed by atoms with van der Waals surface area (Å²) in [5.74, 6) is -0.385. The van der Waals surface area contributed by atoms with Gasteiger partial charge in [0.25, 0.3) is 0 Å². The van der Waals surface area contributed by atoms with E-state index in [1.54, 1.807) is 24.3 Å². The van der Waals surface area contributed by atoms with Gasteiger partial charge in [0.15, 0.2) is 0 Å². The molecule has 0 fully saturated rings. The molecule has 0 saturated heterocycles. The number of benzene rings is 2. The minimum Gasteiger partial charge on any atom is -0.488 e. The van der Waals surface area contributed by atoms with Gasteiger partial charge in [-0.2, -0.15) is 0 Å². The highest BCUT2D eigenvalue weighted by molar-refractivity contribution is 9.10. The Morgan fingerprint density at radius 3 is 2.62 bits per heavy atom. The lowest BCUT2D eigenvalue weighted by Gasteiger charge is -2.10. The van der Waals surface area contributed by atoms with Crippen LogP contribution in [0.1, 0.15) is 11.1 Å². The van der Waals surface area contributed by atoms with E-state index in [1.165, 1.54) is 6.08 Å². The Morgan fingerprint density at radius 1 is 1.24 bits per heavy atom. The van der Waals surface area contributed by atoms with Crippen LogP contribution in [0.3, 0.4) is 0 Å². The molecule has 2 aromatic carbocycles. The summed E-state index contributed by atoms with van der Waals surface area (Å²) in [6.45, 7) is 0.382. The Bertz CT molecular complexity index is 666. The first-order valence-corrected chi connectivity index (χ1v) is 7.29. The lowest BCUT2D eigenvalue weighted by atomic mass is 10.2. The maximum Gasteiger partial charge on any atom is 0.328 e. The maximum absolute atomic E-state index is 10.6. The van der Waals surface area contributed by atoms with E-state index in [0.717, 1.165) is 16.1 Å². The second-order valence-corrected chi connectivity index (χ2v) is 5.62. The van der Waals surface area contributed by atoms with E-state index in [0.29, 0.717) is 22.9 Å². The molecule has 2 aromatic rings. The second kappa shape index (κ2) is 7.29. The number of ether oxygens (including phenoxy) is 1. The Morgan fingerprint density at radius 2 is 1.95 bits per heavy atom. The predicted molar refractivity (Wildman–Crippen MR) is 86.6 cm³/mol. The van der Waals surface area contributed by atoms with E-state index < -0.39 is 5.97 Å². The lowest BCUT2D eigenvalue weighted by molar-refractivity contribution is -0.131. The van der Waals surface area contributed by atoms with E-state index in [9.17, 15) is 4.79 Å². The molecular formula is C16H12BrClO3. The molecule has 0 amide bonds. The van der Waals surface area contributed by atoms with Gasteiger partial charge in [-0.05, 0) is 42.0 Å². The van der Waals surface area contributed by atoms with Crippen LogP contribution in [0.5, 0.6) is 5.75 Å². The van der Waals surface area contributed by atoms with Crippen LogP contribution >= 0.6 is 27.5 Å². The number of carboxylic acids is 1. The van der Waals surface area contributed by atoms with E-state index in [-0.39, 0.29) is 0 Å². The standard InChI is InChI=1S/C16H12BrClO3/c17-13-4-7-15(12(9-13)3-8-16(19)20)21-10-11-1-5-14(18)6-2-11/h1-9H,10H2,(H,19,20). The van der Waals surface area contributed by atoms with Crippen LogP contribution < -0.4 is 4.74 Å². The van der Waals surface area contributed by atoms with Gasteiger partial charge in [0, 0.05) is 21.1 Å². The first-order chi connectivity index (χ1) is 10.0. The maximum atomic E-state index is 10.6. The van der Waals surface area contributed by atoms with Gasteiger partial charge < -0.3 is 9.84 Å². The highest BCUT2D eigenvalue weighted by atomic mass is 79.9. The van der Waals surface area contributed by atoms with E-state index in [2.05, 4.69) is 15.9 Å². The summed E-state index contributed by atoms with van der Waals surface area (Å²) in [5, 5.41) is 9.39. The summed E-state index contributed by atoms with van der Waals surface area (Å²) >= 11 is 9.19. The fourth-order valence-electron chi connectivity index (χ4n) is 1.68. The van der Waals surface area contributed by atoms with Crippen LogP contribution in [0.15, 0.2) is 53.0 Å². The summed E-state index contributed by atoms with van der Waals surface area (Å²) in [4.78, 5) is 10.6. The Balaban J connectivity index is 2.15. The van der Waals surface area contributed by atoms with Crippen molar-refractivity contribution < 1.29 is 14.6 Å². The Labute approximate surface area is 135 Å². The Kier molecular flexibility index (Phi) is 5.42. The van der Waals surface area contributed by atoms with E-state index in [1.807, 2.05) is 18.2 Å². The van der Waals surface area contributed by atoms with Gasteiger partial charge in [-0.25, -0.2) is 4.79 Å². The zero-order valence-corrected chi connectivity index (χ0v) is 13.3. The monoisotopic (exact) mass is 366 g/mol. The van der Waals surface area contributed by atoms with Crippen molar-refractivity contribution in [1.82, 2.24) is 0 Å². The Hall–Kier alpha value is -1.78. The van der Waals surface area contributed by atoms with Gasteiger partial charge in [0.2, 0.25) is 0 Å². The van der Waals surface area contributed by atoms with Crippen molar-refractivity contribution in [3.8, 4) is 5.75 Å². The minimum atomic E-state index is -1.00. The van der Waals surface area contributed by atoms with Crippen molar-refractivity contribution >= 4 is 39.6 Å². The molecule has 0 bridgehead atoms. The van der Waals surface area contributed by atoms with Crippen LogP contribution in [-0.4, -0.2) is 11.1 Å². The highest BCUT2D eigenvalue weighted by Crippen LogP contribution is 2.25. The number of carbonyl (C=O) groups is 1. The van der Waals surface area contributed by atoms with Crippen LogP contribution in [-0.2, 0) is 11.4 Å². The number of halogens is 2. The highest BCUT2D eigenvalue weighted by Gasteiger charge is 2.03. The van der Waals surface area contributed by atoms with Gasteiger partial charge in [-0.15, -0.1) is 0 Å². The van der Waals surface area contributed by atoms with Crippen LogP contribution in [0.4, 0.5) is 0 Å². The molecule has 0 saturated carbocycles. The third-order valence-electron chi connectivity index (χ3n) is 2.68. The molecule has 0 aromatic heterocycles. The van der Waals surface area contributed by atoms with Crippen LogP contribution in [0, 0.1) is 0 Å². The fourth-order valence-corrected chi connectivity index (χ4v) is 2.19. The molecule has 1 N–H and O–H groups in total. The lowest BCUT2D eigenvalue weighted by Crippen LogP contribution is -1.97. The average molecular weight is 368 g/mol. The zero-order chi connectivity index (χ0) is 15.2. The first kappa shape index (κ1) is 15.6. The van der Waals surface area contributed by atoms with Crippen molar-refractivity contribution in [2.75, 3.05) is 0 Å². The number of hydrogen-bond donors (Lipinski definition) is 1. The number of carboxylic acid groups (broad SMARTS) is 1. The molecule has 0 spiro atoms. The van der Waals surface area contributed by atoms with E-state index in [4.69, 9.17) is 21.4 Å². The van der Waals surface area contributed by atoms with Gasteiger partial charge in [0.05, 0.1) is 0 Å². The van der Waals surface area contributed by atoms with Crippen molar-refractivity contribution in [3.05, 3.63) is 69.2 Å². The summed E-state index contributed by atoms with van der Waals surface area (Å²) in [5.41, 5.74) is 1.68.